The molecule has 24 heavy (non-hydrogen) atoms. The van der Waals surface area contributed by atoms with Crippen molar-refractivity contribution in [3.05, 3.63) is 48.0 Å². The molecule has 1 N–H and O–H groups in total. The molecule has 1 atom stereocenters. The van der Waals surface area contributed by atoms with Crippen LogP contribution in [0.15, 0.2) is 42.5 Å². The molecule has 0 spiro atoms. The normalized spacial score (nSPS) is 13.2. The molecule has 0 bridgehead atoms. The second-order valence-corrected chi connectivity index (χ2v) is 7.37. The maximum atomic E-state index is 12.4. The van der Waals surface area contributed by atoms with E-state index >= 15 is 0 Å². The van der Waals surface area contributed by atoms with Gasteiger partial charge in [0.25, 0.3) is 10.2 Å². The molecule has 0 saturated heterocycles. The van der Waals surface area contributed by atoms with Crippen molar-refractivity contribution < 1.29 is 17.9 Å². The van der Waals surface area contributed by atoms with Crippen LogP contribution in [-0.4, -0.2) is 39.4 Å². The molecule has 0 aliphatic rings. The number of benzene rings is 2. The number of carbonyl (C=O) groups excluding carboxylic acids is 1. The maximum absolute atomic E-state index is 12.4. The van der Waals surface area contributed by atoms with Crippen LogP contribution in [0.25, 0.3) is 10.8 Å². The summed E-state index contributed by atoms with van der Waals surface area (Å²) < 4.78 is 33.1. The molecule has 0 fully saturated rings. The van der Waals surface area contributed by atoms with E-state index in [1.807, 2.05) is 42.5 Å². The van der Waals surface area contributed by atoms with Crippen LogP contribution >= 0.6 is 0 Å². The summed E-state index contributed by atoms with van der Waals surface area (Å²) in [5.74, 6) is -0.445. The predicted molar refractivity (Wildman–Crippen MR) is 93.7 cm³/mol. The number of rotatable bonds is 7. The minimum absolute atomic E-state index is 0.0105. The molecule has 7 heteroatoms. The van der Waals surface area contributed by atoms with Crippen molar-refractivity contribution in [3.8, 4) is 0 Å². The number of nitrogens with zero attached hydrogens (tertiary/aromatic N) is 1. The summed E-state index contributed by atoms with van der Waals surface area (Å²) in [6, 6.07) is 13.2. The second-order valence-electron chi connectivity index (χ2n) is 5.56. The third-order valence-electron chi connectivity index (χ3n) is 3.88. The first kappa shape index (κ1) is 18.4. The average Bonchev–Trinajstić information content (AvgIpc) is 2.58. The first-order chi connectivity index (χ1) is 11.3. The van der Waals surface area contributed by atoms with E-state index in [9.17, 15) is 13.2 Å². The van der Waals surface area contributed by atoms with E-state index < -0.39 is 22.2 Å². The molecule has 0 unspecified atom stereocenters. The molecular formula is C17H22N2O4S. The Hall–Kier alpha value is -1.96. The van der Waals surface area contributed by atoms with Crippen molar-refractivity contribution in [2.75, 3.05) is 20.7 Å². The molecule has 2 rings (SSSR count). The van der Waals surface area contributed by atoms with E-state index in [4.69, 9.17) is 0 Å². The summed E-state index contributed by atoms with van der Waals surface area (Å²) in [7, 11) is -0.998. The van der Waals surface area contributed by atoms with Crippen molar-refractivity contribution in [2.45, 2.75) is 19.4 Å². The van der Waals surface area contributed by atoms with E-state index in [0.29, 0.717) is 0 Å². The van der Waals surface area contributed by atoms with Crippen molar-refractivity contribution in [2.24, 2.45) is 0 Å². The van der Waals surface area contributed by atoms with Gasteiger partial charge in [0.2, 0.25) is 0 Å². The SMILES string of the molecule is COC(=O)CCN(C)S(=O)(=O)N[C@@H](C)c1cccc2ccccc12. The number of hydrogen-bond acceptors (Lipinski definition) is 4. The Kier molecular flexibility index (Phi) is 5.93. The molecule has 0 amide bonds. The number of ether oxygens (including phenoxy) is 1. The smallest absolute Gasteiger partial charge is 0.306 e. The molecule has 0 aliphatic heterocycles. The molecule has 130 valence electrons. The topological polar surface area (TPSA) is 75.7 Å². The molecule has 2 aromatic carbocycles. The highest BCUT2D eigenvalue weighted by molar-refractivity contribution is 7.87. The van der Waals surface area contributed by atoms with Crippen LogP contribution in [0.2, 0.25) is 0 Å². The molecule has 0 heterocycles. The summed E-state index contributed by atoms with van der Waals surface area (Å²) in [6.45, 7) is 1.86. The highest BCUT2D eigenvalue weighted by atomic mass is 32.2. The van der Waals surface area contributed by atoms with Gasteiger partial charge in [0.15, 0.2) is 0 Å². The van der Waals surface area contributed by atoms with Crippen LogP contribution < -0.4 is 4.72 Å². The van der Waals surface area contributed by atoms with E-state index in [2.05, 4.69) is 9.46 Å². The zero-order valence-corrected chi connectivity index (χ0v) is 14.8. The van der Waals surface area contributed by atoms with Crippen LogP contribution in [0.3, 0.4) is 0 Å². The largest absolute Gasteiger partial charge is 0.469 e. The Morgan fingerprint density at radius 3 is 2.58 bits per heavy atom. The standard InChI is InChI=1S/C17H22N2O4S/c1-13(15-10-6-8-14-7-4-5-9-16(14)15)18-24(21,22)19(2)12-11-17(20)23-3/h4-10,13,18H,11-12H2,1-3H3/t13-/m0/s1. The fourth-order valence-corrected chi connectivity index (χ4v) is 3.56. The summed E-state index contributed by atoms with van der Waals surface area (Å²) >= 11 is 0. The van der Waals surface area contributed by atoms with Crippen LogP contribution in [0.1, 0.15) is 24.9 Å². The van der Waals surface area contributed by atoms with Crippen LogP contribution in [0.4, 0.5) is 0 Å². The Balaban J connectivity index is 2.15. The summed E-state index contributed by atoms with van der Waals surface area (Å²) in [6.07, 6.45) is 0.0105. The van der Waals surface area contributed by atoms with Crippen LogP contribution in [-0.2, 0) is 19.7 Å². The Bertz CT molecular complexity index is 815. The average molecular weight is 350 g/mol. The lowest BCUT2D eigenvalue weighted by Crippen LogP contribution is -2.40. The highest BCUT2D eigenvalue weighted by Crippen LogP contribution is 2.24. The minimum atomic E-state index is -3.70. The van der Waals surface area contributed by atoms with Gasteiger partial charge in [-0.15, -0.1) is 0 Å². The van der Waals surface area contributed by atoms with Gasteiger partial charge in [0, 0.05) is 19.6 Å². The van der Waals surface area contributed by atoms with Gasteiger partial charge in [0.1, 0.15) is 0 Å². The third-order valence-corrected chi connectivity index (χ3v) is 5.54. The summed E-state index contributed by atoms with van der Waals surface area (Å²) in [5.41, 5.74) is 0.901. The monoisotopic (exact) mass is 350 g/mol. The summed E-state index contributed by atoms with van der Waals surface area (Å²) in [5, 5.41) is 2.06. The van der Waals surface area contributed by atoms with E-state index in [0.717, 1.165) is 20.6 Å². The quantitative estimate of drug-likeness (QED) is 0.777. The van der Waals surface area contributed by atoms with Gasteiger partial charge in [-0.2, -0.15) is 17.4 Å². The lowest BCUT2D eigenvalue weighted by atomic mass is 10.0. The molecule has 0 radical (unpaired) electrons. The number of carbonyl (C=O) groups is 1. The first-order valence-corrected chi connectivity index (χ1v) is 9.07. The van der Waals surface area contributed by atoms with Crippen LogP contribution in [0.5, 0.6) is 0 Å². The number of hydrogen-bond donors (Lipinski definition) is 1. The molecule has 0 saturated carbocycles. The lowest BCUT2D eigenvalue weighted by Gasteiger charge is -2.22. The molecular weight excluding hydrogens is 328 g/mol. The zero-order chi connectivity index (χ0) is 17.7. The van der Waals surface area contributed by atoms with Gasteiger partial charge in [-0.05, 0) is 23.3 Å². The summed E-state index contributed by atoms with van der Waals surface area (Å²) in [4.78, 5) is 11.2. The Morgan fingerprint density at radius 2 is 1.88 bits per heavy atom. The molecule has 0 aromatic heterocycles. The number of nitrogens with one attached hydrogen (secondary N) is 1. The second kappa shape index (κ2) is 7.74. The molecule has 6 nitrogen and oxygen atoms in total. The van der Waals surface area contributed by atoms with Gasteiger partial charge in [-0.25, -0.2) is 0 Å². The van der Waals surface area contributed by atoms with Crippen molar-refractivity contribution in [1.82, 2.24) is 9.03 Å². The van der Waals surface area contributed by atoms with Gasteiger partial charge in [-0.1, -0.05) is 42.5 Å². The fourth-order valence-electron chi connectivity index (χ4n) is 2.48. The van der Waals surface area contributed by atoms with Crippen LogP contribution in [0, 0.1) is 0 Å². The minimum Gasteiger partial charge on any atom is -0.469 e. The Labute approximate surface area is 142 Å². The van der Waals surface area contributed by atoms with Gasteiger partial charge in [0.05, 0.1) is 13.5 Å². The fraction of sp³-hybridized carbons (Fsp3) is 0.353. The first-order valence-electron chi connectivity index (χ1n) is 7.63. The third kappa shape index (κ3) is 4.31. The zero-order valence-electron chi connectivity index (χ0n) is 14.0. The molecule has 0 aliphatic carbocycles. The number of esters is 1. The van der Waals surface area contributed by atoms with Crippen molar-refractivity contribution in [3.63, 3.8) is 0 Å². The van der Waals surface area contributed by atoms with Gasteiger partial charge < -0.3 is 4.74 Å². The van der Waals surface area contributed by atoms with E-state index in [1.165, 1.54) is 14.2 Å². The maximum Gasteiger partial charge on any atom is 0.306 e. The number of fused-ring (bicyclic) bond motifs is 1. The van der Waals surface area contributed by atoms with Crippen molar-refractivity contribution >= 4 is 27.0 Å². The van der Waals surface area contributed by atoms with E-state index in [-0.39, 0.29) is 13.0 Å². The van der Waals surface area contributed by atoms with Crippen molar-refractivity contribution in [1.29, 1.82) is 0 Å². The van der Waals surface area contributed by atoms with Gasteiger partial charge in [-0.3, -0.25) is 4.79 Å². The van der Waals surface area contributed by atoms with Gasteiger partial charge >= 0.3 is 5.97 Å². The van der Waals surface area contributed by atoms with E-state index in [1.54, 1.807) is 6.92 Å². The lowest BCUT2D eigenvalue weighted by molar-refractivity contribution is -0.140. The molecule has 2 aromatic rings. The number of methoxy groups -OCH3 is 1. The highest BCUT2D eigenvalue weighted by Gasteiger charge is 2.22. The Morgan fingerprint density at radius 1 is 1.21 bits per heavy atom. The predicted octanol–water partition coefficient (Wildman–Crippen LogP) is 2.23.